The first-order valence-corrected chi connectivity index (χ1v) is 9.78. The van der Waals surface area contributed by atoms with Crippen molar-refractivity contribution < 1.29 is 24.2 Å². The quantitative estimate of drug-likeness (QED) is 0.594. The molecule has 0 atom stereocenters. The maximum Gasteiger partial charge on any atom is 0.347 e. The molecule has 1 saturated carbocycles. The van der Waals surface area contributed by atoms with E-state index in [1.54, 1.807) is 0 Å². The van der Waals surface area contributed by atoms with Crippen molar-refractivity contribution in [2.45, 2.75) is 57.3 Å². The highest BCUT2D eigenvalue weighted by Crippen LogP contribution is 2.37. The molecule has 0 aromatic rings. The zero-order valence-electron chi connectivity index (χ0n) is 11.2. The van der Waals surface area contributed by atoms with Gasteiger partial charge in [0.2, 0.25) is 0 Å². The van der Waals surface area contributed by atoms with E-state index in [0.717, 1.165) is 19.3 Å². The van der Waals surface area contributed by atoms with Gasteiger partial charge in [-0.3, -0.25) is 0 Å². The van der Waals surface area contributed by atoms with Crippen LogP contribution < -0.4 is 0 Å². The van der Waals surface area contributed by atoms with E-state index in [-0.39, 0.29) is 0 Å². The highest BCUT2D eigenvalue weighted by atomic mass is 28.4. The first kappa shape index (κ1) is 15.2. The summed E-state index contributed by atoms with van der Waals surface area (Å²) in [6.45, 7) is 5.45. The van der Waals surface area contributed by atoms with E-state index in [0.29, 0.717) is 12.8 Å². The second-order valence-corrected chi connectivity index (χ2v) is 10.3. The molecule has 0 aliphatic heterocycles. The molecule has 1 aliphatic carbocycles. The Morgan fingerprint density at radius 3 is 1.83 bits per heavy atom. The van der Waals surface area contributed by atoms with Crippen LogP contribution in [0.15, 0.2) is 0 Å². The van der Waals surface area contributed by atoms with Crippen LogP contribution in [0.25, 0.3) is 0 Å². The molecule has 1 aliphatic rings. The summed E-state index contributed by atoms with van der Waals surface area (Å²) in [6, 6.07) is 0. The lowest BCUT2D eigenvalue weighted by atomic mass is 9.77. The molecular weight excluding hydrogens is 252 g/mol. The molecule has 0 aromatic carbocycles. The predicted molar refractivity (Wildman–Crippen MR) is 69.0 cm³/mol. The lowest BCUT2D eigenvalue weighted by Gasteiger charge is -2.39. The second kappa shape index (κ2) is 5.40. The third kappa shape index (κ3) is 3.11. The van der Waals surface area contributed by atoms with Crippen LogP contribution in [-0.2, 0) is 14.0 Å². The third-order valence-corrected chi connectivity index (χ3v) is 4.22. The second-order valence-electron chi connectivity index (χ2n) is 5.90. The van der Waals surface area contributed by atoms with Gasteiger partial charge in [-0.1, -0.05) is 19.3 Å². The average molecular weight is 274 g/mol. The Hall–Kier alpha value is -0.883. The summed E-state index contributed by atoms with van der Waals surface area (Å²) >= 11 is 0. The monoisotopic (exact) mass is 274 g/mol. The van der Waals surface area contributed by atoms with Crippen LogP contribution in [0.3, 0.4) is 0 Å². The Balaban J connectivity index is 3.12. The van der Waals surface area contributed by atoms with Gasteiger partial charge >= 0.3 is 11.9 Å². The van der Waals surface area contributed by atoms with Gasteiger partial charge in [0, 0.05) is 5.92 Å². The largest absolute Gasteiger partial charge is 0.479 e. The third-order valence-electron chi connectivity index (χ3n) is 3.28. The molecule has 0 radical (unpaired) electrons. The highest BCUT2D eigenvalue weighted by molar-refractivity contribution is 6.70. The van der Waals surface area contributed by atoms with E-state index in [4.69, 9.17) is 4.43 Å². The molecule has 0 aromatic heterocycles. The molecule has 5 nitrogen and oxygen atoms in total. The molecule has 0 saturated heterocycles. The fourth-order valence-electron chi connectivity index (χ4n) is 2.60. The average Bonchev–Trinajstić information content (AvgIpc) is 2.25. The number of hydrogen-bond acceptors (Lipinski definition) is 3. The number of carbonyl (C=O) groups is 2. The van der Waals surface area contributed by atoms with Gasteiger partial charge in [-0.15, -0.1) is 0 Å². The van der Waals surface area contributed by atoms with Gasteiger partial charge in [-0.25, -0.2) is 9.59 Å². The van der Waals surface area contributed by atoms with Crippen molar-refractivity contribution in [2.24, 2.45) is 5.92 Å². The SMILES string of the molecule is C[Si](C)(C)OC(C(=O)O)(C(=O)O)C1CCCCC1. The van der Waals surface area contributed by atoms with E-state index >= 15 is 0 Å². The van der Waals surface area contributed by atoms with Crippen LogP contribution in [0.5, 0.6) is 0 Å². The zero-order chi connectivity index (χ0) is 14.0. The molecule has 6 heteroatoms. The number of carboxylic acids is 2. The highest BCUT2D eigenvalue weighted by Gasteiger charge is 2.56. The number of rotatable bonds is 5. The molecule has 0 amide bonds. The van der Waals surface area contributed by atoms with Crippen LogP contribution >= 0.6 is 0 Å². The number of hydrogen-bond donors (Lipinski definition) is 2. The molecule has 2 N–H and O–H groups in total. The van der Waals surface area contributed by atoms with Gasteiger partial charge in [0.15, 0.2) is 8.32 Å². The van der Waals surface area contributed by atoms with Gasteiger partial charge in [0.1, 0.15) is 0 Å². The Labute approximate surface area is 108 Å². The van der Waals surface area contributed by atoms with Crippen molar-refractivity contribution in [3.8, 4) is 0 Å². The van der Waals surface area contributed by atoms with Gasteiger partial charge in [0.05, 0.1) is 0 Å². The minimum atomic E-state index is -2.26. The normalized spacial score (nSPS) is 18.6. The Kier molecular flexibility index (Phi) is 4.55. The van der Waals surface area contributed by atoms with Crippen molar-refractivity contribution in [2.75, 3.05) is 0 Å². The van der Waals surface area contributed by atoms with Crippen LogP contribution in [0, 0.1) is 5.92 Å². The van der Waals surface area contributed by atoms with Gasteiger partial charge in [-0.05, 0) is 32.5 Å². The minimum Gasteiger partial charge on any atom is -0.479 e. The first-order chi connectivity index (χ1) is 8.20. The lowest BCUT2D eigenvalue weighted by Crippen LogP contribution is -2.59. The van der Waals surface area contributed by atoms with Crippen LogP contribution in [0.4, 0.5) is 0 Å². The molecule has 0 spiro atoms. The van der Waals surface area contributed by atoms with E-state index in [1.807, 2.05) is 19.6 Å². The first-order valence-electron chi connectivity index (χ1n) is 6.37. The predicted octanol–water partition coefficient (Wildman–Crippen LogP) is 2.33. The van der Waals surface area contributed by atoms with Crippen molar-refractivity contribution in [3.05, 3.63) is 0 Å². The molecule has 104 valence electrons. The fraction of sp³-hybridized carbons (Fsp3) is 0.833. The van der Waals surface area contributed by atoms with Crippen LogP contribution in [-0.4, -0.2) is 36.1 Å². The summed E-state index contributed by atoms with van der Waals surface area (Å²) in [6.07, 6.45) is 4.02. The van der Waals surface area contributed by atoms with E-state index in [2.05, 4.69) is 0 Å². The van der Waals surface area contributed by atoms with Crippen LogP contribution in [0.2, 0.25) is 19.6 Å². The molecule has 0 unspecified atom stereocenters. The van der Waals surface area contributed by atoms with Gasteiger partial charge in [-0.2, -0.15) is 0 Å². The van der Waals surface area contributed by atoms with Gasteiger partial charge < -0.3 is 14.6 Å². The fourth-order valence-corrected chi connectivity index (χ4v) is 3.91. The molecule has 0 heterocycles. The summed E-state index contributed by atoms with van der Waals surface area (Å²) in [5, 5.41) is 18.9. The Morgan fingerprint density at radius 1 is 1.06 bits per heavy atom. The summed E-state index contributed by atoms with van der Waals surface area (Å²) in [7, 11) is -2.26. The molecular formula is C12H22O5Si. The number of aliphatic carboxylic acids is 2. The van der Waals surface area contributed by atoms with Crippen molar-refractivity contribution >= 4 is 20.3 Å². The summed E-state index contributed by atoms with van der Waals surface area (Å²) < 4.78 is 5.63. The maximum atomic E-state index is 11.6. The van der Waals surface area contributed by atoms with Crippen LogP contribution in [0.1, 0.15) is 32.1 Å². The standard InChI is InChI=1S/C12H22O5Si/c1-18(2,3)17-12(10(13)14,11(15)16)9-7-5-4-6-8-9/h9H,4-8H2,1-3H3,(H,13,14)(H,15,16). The van der Waals surface area contributed by atoms with Gasteiger partial charge in [0.25, 0.3) is 5.60 Å². The molecule has 1 fully saturated rings. The van der Waals surface area contributed by atoms with E-state index in [1.165, 1.54) is 0 Å². The molecule has 0 bridgehead atoms. The molecule has 18 heavy (non-hydrogen) atoms. The lowest BCUT2D eigenvalue weighted by molar-refractivity contribution is -0.181. The smallest absolute Gasteiger partial charge is 0.347 e. The topological polar surface area (TPSA) is 83.8 Å². The number of carboxylic acid groups (broad SMARTS) is 2. The van der Waals surface area contributed by atoms with E-state index in [9.17, 15) is 19.8 Å². The summed E-state index contributed by atoms with van der Waals surface area (Å²) in [4.78, 5) is 23.1. The Bertz CT molecular complexity index is 314. The van der Waals surface area contributed by atoms with E-state index < -0.39 is 31.8 Å². The minimum absolute atomic E-state index is 0.423. The summed E-state index contributed by atoms with van der Waals surface area (Å²) in [5.41, 5.74) is -2.05. The van der Waals surface area contributed by atoms with Crippen molar-refractivity contribution in [1.82, 2.24) is 0 Å². The van der Waals surface area contributed by atoms with Crippen molar-refractivity contribution in [1.29, 1.82) is 0 Å². The molecule has 1 rings (SSSR count). The Morgan fingerprint density at radius 2 is 1.50 bits per heavy atom. The summed E-state index contributed by atoms with van der Waals surface area (Å²) in [5.74, 6) is -3.14. The zero-order valence-corrected chi connectivity index (χ0v) is 12.2. The maximum absolute atomic E-state index is 11.6. The van der Waals surface area contributed by atoms with Crippen molar-refractivity contribution in [3.63, 3.8) is 0 Å².